The average Bonchev–Trinajstić information content (AvgIpc) is 2.83. The van der Waals surface area contributed by atoms with E-state index < -0.39 is 5.97 Å². The highest BCUT2D eigenvalue weighted by atomic mass is 32.1. The van der Waals surface area contributed by atoms with Gasteiger partial charge < -0.3 is 5.11 Å². The Morgan fingerprint density at radius 1 is 1.67 bits per heavy atom. The number of carboxylic acid groups (broad SMARTS) is 1. The van der Waals surface area contributed by atoms with Crippen molar-refractivity contribution in [3.05, 3.63) is 21.9 Å². The summed E-state index contributed by atoms with van der Waals surface area (Å²) < 4.78 is 0. The predicted octanol–water partition coefficient (Wildman–Crippen LogP) is 3.31. The van der Waals surface area contributed by atoms with Crippen LogP contribution in [-0.4, -0.2) is 28.6 Å². The summed E-state index contributed by atoms with van der Waals surface area (Å²) in [6.45, 7) is 4.40. The molecule has 0 bridgehead atoms. The molecule has 0 radical (unpaired) electrons. The Morgan fingerprint density at radius 3 is 3.11 bits per heavy atom. The van der Waals surface area contributed by atoms with Crippen LogP contribution in [-0.2, 0) is 11.2 Å². The van der Waals surface area contributed by atoms with Crippen molar-refractivity contribution in [3.63, 3.8) is 0 Å². The fraction of sp³-hybridized carbons (Fsp3) is 0.643. The molecule has 0 spiro atoms. The third-order valence-electron chi connectivity index (χ3n) is 3.90. The van der Waals surface area contributed by atoms with E-state index in [0.29, 0.717) is 12.1 Å². The minimum Gasteiger partial charge on any atom is -0.480 e. The Labute approximate surface area is 112 Å². The number of thiophene rings is 1. The molecule has 1 aromatic heterocycles. The van der Waals surface area contributed by atoms with Gasteiger partial charge in [-0.05, 0) is 49.6 Å². The summed E-state index contributed by atoms with van der Waals surface area (Å²) >= 11 is 1.81. The van der Waals surface area contributed by atoms with Crippen molar-refractivity contribution >= 4 is 17.3 Å². The molecule has 0 amide bonds. The van der Waals surface area contributed by atoms with Gasteiger partial charge in [-0.3, -0.25) is 9.69 Å². The zero-order chi connectivity index (χ0) is 13.1. The summed E-state index contributed by atoms with van der Waals surface area (Å²) in [5.74, 6) is -0.724. The molecule has 1 aliphatic rings. The summed E-state index contributed by atoms with van der Waals surface area (Å²) in [4.78, 5) is 14.7. The van der Waals surface area contributed by atoms with E-state index in [1.54, 1.807) is 0 Å². The molecule has 0 fully saturated rings. The summed E-state index contributed by atoms with van der Waals surface area (Å²) in [6, 6.07) is 2.80. The summed E-state index contributed by atoms with van der Waals surface area (Å²) in [5.41, 5.74) is 1.37. The van der Waals surface area contributed by atoms with Crippen LogP contribution in [0.25, 0.3) is 0 Å². The third-order valence-corrected chi connectivity index (χ3v) is 4.89. The van der Waals surface area contributed by atoms with E-state index in [1.807, 2.05) is 11.3 Å². The number of carboxylic acids is 1. The highest BCUT2D eigenvalue weighted by Crippen LogP contribution is 2.38. The number of hydrogen-bond donors (Lipinski definition) is 1. The van der Waals surface area contributed by atoms with E-state index >= 15 is 0 Å². The Balaban J connectivity index is 2.24. The zero-order valence-electron chi connectivity index (χ0n) is 11.1. The van der Waals surface area contributed by atoms with Crippen LogP contribution in [0.5, 0.6) is 0 Å². The Kier molecular flexibility index (Phi) is 4.40. The average molecular weight is 267 g/mol. The smallest absolute Gasteiger partial charge is 0.317 e. The SMILES string of the molecule is CCC(C)N(CC(=O)O)C1CCCc2sccc21. The van der Waals surface area contributed by atoms with E-state index in [2.05, 4.69) is 30.2 Å². The van der Waals surface area contributed by atoms with Crippen LogP contribution in [0, 0.1) is 0 Å². The first-order valence-electron chi connectivity index (χ1n) is 6.67. The maximum absolute atomic E-state index is 11.1. The Hall–Kier alpha value is -0.870. The quantitative estimate of drug-likeness (QED) is 0.889. The molecule has 1 N–H and O–H groups in total. The lowest BCUT2D eigenvalue weighted by Crippen LogP contribution is -2.41. The monoisotopic (exact) mass is 267 g/mol. The minimum absolute atomic E-state index is 0.148. The summed E-state index contributed by atoms with van der Waals surface area (Å²) in [7, 11) is 0. The number of aryl methyl sites for hydroxylation is 1. The Morgan fingerprint density at radius 2 is 2.44 bits per heavy atom. The van der Waals surface area contributed by atoms with Gasteiger partial charge in [-0.25, -0.2) is 0 Å². The normalized spacial score (nSPS) is 20.7. The highest BCUT2D eigenvalue weighted by molar-refractivity contribution is 7.10. The van der Waals surface area contributed by atoms with Gasteiger partial charge in [0.15, 0.2) is 0 Å². The van der Waals surface area contributed by atoms with Crippen molar-refractivity contribution in [3.8, 4) is 0 Å². The van der Waals surface area contributed by atoms with E-state index in [1.165, 1.54) is 16.9 Å². The molecule has 3 nitrogen and oxygen atoms in total. The standard InChI is InChI=1S/C14H21NO2S/c1-3-10(2)15(9-14(16)17)12-5-4-6-13-11(12)7-8-18-13/h7-8,10,12H,3-6,9H2,1-2H3,(H,16,17). The van der Waals surface area contributed by atoms with Gasteiger partial charge in [0.25, 0.3) is 0 Å². The predicted molar refractivity (Wildman–Crippen MR) is 74.1 cm³/mol. The van der Waals surface area contributed by atoms with Crippen LogP contribution in [0.4, 0.5) is 0 Å². The zero-order valence-corrected chi connectivity index (χ0v) is 11.9. The molecule has 0 saturated heterocycles. The number of fused-ring (bicyclic) bond motifs is 1. The van der Waals surface area contributed by atoms with Gasteiger partial charge >= 0.3 is 5.97 Å². The van der Waals surface area contributed by atoms with Gasteiger partial charge in [0.2, 0.25) is 0 Å². The van der Waals surface area contributed by atoms with Crippen molar-refractivity contribution in [2.24, 2.45) is 0 Å². The molecule has 1 aromatic rings. The van der Waals surface area contributed by atoms with Crippen molar-refractivity contribution in [1.82, 2.24) is 4.90 Å². The molecule has 100 valence electrons. The lowest BCUT2D eigenvalue weighted by Gasteiger charge is -2.37. The fourth-order valence-corrected chi connectivity index (χ4v) is 3.75. The van der Waals surface area contributed by atoms with Gasteiger partial charge in [0.05, 0.1) is 6.54 Å². The van der Waals surface area contributed by atoms with Gasteiger partial charge in [0, 0.05) is 17.0 Å². The van der Waals surface area contributed by atoms with Crippen LogP contribution < -0.4 is 0 Å². The second kappa shape index (κ2) is 5.85. The van der Waals surface area contributed by atoms with Gasteiger partial charge in [-0.2, -0.15) is 0 Å². The lowest BCUT2D eigenvalue weighted by molar-refractivity contribution is -0.139. The molecule has 4 heteroatoms. The van der Waals surface area contributed by atoms with Gasteiger partial charge in [-0.1, -0.05) is 6.92 Å². The highest BCUT2D eigenvalue weighted by Gasteiger charge is 2.30. The molecule has 1 heterocycles. The summed E-state index contributed by atoms with van der Waals surface area (Å²) in [5, 5.41) is 11.3. The fourth-order valence-electron chi connectivity index (χ4n) is 2.77. The van der Waals surface area contributed by atoms with Crippen LogP contribution in [0.3, 0.4) is 0 Å². The second-order valence-electron chi connectivity index (χ2n) is 5.03. The van der Waals surface area contributed by atoms with E-state index in [4.69, 9.17) is 5.11 Å². The molecule has 1 aliphatic carbocycles. The minimum atomic E-state index is -0.724. The van der Waals surface area contributed by atoms with Gasteiger partial charge in [-0.15, -0.1) is 11.3 Å². The first-order chi connectivity index (χ1) is 8.63. The van der Waals surface area contributed by atoms with E-state index in [-0.39, 0.29) is 6.54 Å². The van der Waals surface area contributed by atoms with Crippen molar-refractivity contribution in [2.75, 3.05) is 6.54 Å². The molecule has 2 atom stereocenters. The van der Waals surface area contributed by atoms with Gasteiger partial charge in [0.1, 0.15) is 0 Å². The Bertz CT molecular complexity index is 416. The molecule has 2 unspecified atom stereocenters. The van der Waals surface area contributed by atoms with Crippen molar-refractivity contribution in [1.29, 1.82) is 0 Å². The molecular formula is C14H21NO2S. The van der Waals surface area contributed by atoms with Crippen LogP contribution in [0.1, 0.15) is 49.6 Å². The summed E-state index contributed by atoms with van der Waals surface area (Å²) in [6.07, 6.45) is 4.40. The molecule has 2 rings (SSSR count). The molecule has 18 heavy (non-hydrogen) atoms. The molecule has 0 aliphatic heterocycles. The largest absolute Gasteiger partial charge is 0.480 e. The number of carbonyl (C=O) groups is 1. The maximum atomic E-state index is 11.1. The first-order valence-corrected chi connectivity index (χ1v) is 7.55. The van der Waals surface area contributed by atoms with Crippen LogP contribution in [0.15, 0.2) is 11.4 Å². The number of rotatable bonds is 5. The number of hydrogen-bond acceptors (Lipinski definition) is 3. The molecule has 0 saturated carbocycles. The van der Waals surface area contributed by atoms with Crippen molar-refractivity contribution in [2.45, 2.75) is 51.6 Å². The topological polar surface area (TPSA) is 40.5 Å². The van der Waals surface area contributed by atoms with Crippen molar-refractivity contribution < 1.29 is 9.90 Å². The van der Waals surface area contributed by atoms with Crippen LogP contribution in [0.2, 0.25) is 0 Å². The third kappa shape index (κ3) is 2.75. The molecular weight excluding hydrogens is 246 g/mol. The molecule has 0 aromatic carbocycles. The van der Waals surface area contributed by atoms with Crippen LogP contribution >= 0.6 is 11.3 Å². The second-order valence-corrected chi connectivity index (χ2v) is 6.03. The lowest BCUT2D eigenvalue weighted by atomic mass is 9.91. The first kappa shape index (κ1) is 13.6. The van der Waals surface area contributed by atoms with E-state index in [0.717, 1.165) is 19.3 Å². The maximum Gasteiger partial charge on any atom is 0.317 e. The number of nitrogens with zero attached hydrogens (tertiary/aromatic N) is 1. The number of aliphatic carboxylic acids is 1. The van der Waals surface area contributed by atoms with E-state index in [9.17, 15) is 4.79 Å².